The van der Waals surface area contributed by atoms with Crippen LogP contribution in [-0.4, -0.2) is 23.8 Å². The molecule has 0 unspecified atom stereocenters. The van der Waals surface area contributed by atoms with Gasteiger partial charge in [0.05, 0.1) is 12.7 Å². The lowest BCUT2D eigenvalue weighted by molar-refractivity contribution is -0.121. The summed E-state index contributed by atoms with van der Waals surface area (Å²) in [6.07, 6.45) is 2.98. The predicted molar refractivity (Wildman–Crippen MR) is 59.3 cm³/mol. The second kappa shape index (κ2) is 4.43. The molecule has 0 fully saturated rings. The van der Waals surface area contributed by atoms with Crippen molar-refractivity contribution in [3.05, 3.63) is 29.6 Å². The van der Waals surface area contributed by atoms with Crippen molar-refractivity contribution in [2.45, 2.75) is 26.2 Å². The average Bonchev–Trinajstić information content (AvgIpc) is 2.27. The first-order valence-electron chi connectivity index (χ1n) is 4.95. The van der Waals surface area contributed by atoms with E-state index in [-0.39, 0.29) is 5.78 Å². The fraction of sp³-hybridized carbons (Fsp3) is 0.417. The summed E-state index contributed by atoms with van der Waals surface area (Å²) in [6, 6.07) is 1.67. The summed E-state index contributed by atoms with van der Waals surface area (Å²) in [7, 11) is 1.31. The predicted octanol–water partition coefficient (Wildman–Crippen LogP) is 1.73. The zero-order valence-corrected chi connectivity index (χ0v) is 9.90. The lowest BCUT2D eigenvalue weighted by Gasteiger charge is -2.23. The molecule has 1 aromatic rings. The average molecular weight is 221 g/mol. The molecule has 0 bridgehead atoms. The van der Waals surface area contributed by atoms with Crippen LogP contribution in [-0.2, 0) is 14.9 Å². The summed E-state index contributed by atoms with van der Waals surface area (Å²) in [6.45, 7) is 5.05. The first-order chi connectivity index (χ1) is 7.41. The van der Waals surface area contributed by atoms with E-state index >= 15 is 0 Å². The standard InChI is InChI=1S/C12H15NO3/c1-8(14)12(2,3)10-5-6-13-7-9(10)11(15)16-4/h5-7H,1-4H3. The fourth-order valence-corrected chi connectivity index (χ4v) is 1.40. The zero-order chi connectivity index (χ0) is 12.3. The van der Waals surface area contributed by atoms with E-state index in [1.54, 1.807) is 26.1 Å². The minimum absolute atomic E-state index is 0.0103. The van der Waals surface area contributed by atoms with Crippen molar-refractivity contribution >= 4 is 11.8 Å². The molecule has 0 aliphatic heterocycles. The number of rotatable bonds is 3. The Morgan fingerprint density at radius 3 is 2.50 bits per heavy atom. The van der Waals surface area contributed by atoms with Crippen LogP contribution >= 0.6 is 0 Å². The highest BCUT2D eigenvalue weighted by molar-refractivity contribution is 5.95. The molecule has 0 aromatic carbocycles. The Bertz CT molecular complexity index is 424. The second-order valence-corrected chi connectivity index (χ2v) is 4.09. The van der Waals surface area contributed by atoms with E-state index in [2.05, 4.69) is 9.72 Å². The lowest BCUT2D eigenvalue weighted by Crippen LogP contribution is -2.29. The van der Waals surface area contributed by atoms with Crippen molar-refractivity contribution in [1.82, 2.24) is 4.98 Å². The molecular formula is C12H15NO3. The van der Waals surface area contributed by atoms with Gasteiger partial charge in [-0.1, -0.05) is 0 Å². The van der Waals surface area contributed by atoms with Crippen LogP contribution < -0.4 is 0 Å². The van der Waals surface area contributed by atoms with E-state index in [9.17, 15) is 9.59 Å². The van der Waals surface area contributed by atoms with Crippen molar-refractivity contribution in [3.8, 4) is 0 Å². The molecule has 1 heterocycles. The molecule has 0 amide bonds. The van der Waals surface area contributed by atoms with E-state index in [0.717, 1.165) is 0 Å². The third-order valence-electron chi connectivity index (χ3n) is 2.78. The van der Waals surface area contributed by atoms with Gasteiger partial charge >= 0.3 is 5.97 Å². The summed E-state index contributed by atoms with van der Waals surface area (Å²) in [5.74, 6) is -0.485. The number of ketones is 1. The van der Waals surface area contributed by atoms with Crippen LogP contribution in [0.4, 0.5) is 0 Å². The van der Waals surface area contributed by atoms with Crippen LogP contribution in [0.25, 0.3) is 0 Å². The maximum Gasteiger partial charge on any atom is 0.339 e. The largest absolute Gasteiger partial charge is 0.465 e. The zero-order valence-electron chi connectivity index (χ0n) is 9.90. The third-order valence-corrected chi connectivity index (χ3v) is 2.78. The van der Waals surface area contributed by atoms with Crippen LogP contribution in [0, 0.1) is 0 Å². The number of hydrogen-bond acceptors (Lipinski definition) is 4. The SMILES string of the molecule is COC(=O)c1cnccc1C(C)(C)C(C)=O. The summed E-state index contributed by atoms with van der Waals surface area (Å²) in [5, 5.41) is 0. The number of aromatic nitrogens is 1. The highest BCUT2D eigenvalue weighted by atomic mass is 16.5. The Morgan fingerprint density at radius 2 is 2.00 bits per heavy atom. The number of hydrogen-bond donors (Lipinski definition) is 0. The Hall–Kier alpha value is -1.71. The maximum atomic E-state index is 11.6. The van der Waals surface area contributed by atoms with Gasteiger partial charge in [0, 0.05) is 17.8 Å². The molecule has 0 aliphatic carbocycles. The second-order valence-electron chi connectivity index (χ2n) is 4.09. The molecule has 0 spiro atoms. The number of Topliss-reactive ketones (excluding diaryl/α,β-unsaturated/α-hetero) is 1. The van der Waals surface area contributed by atoms with Gasteiger partial charge in [-0.05, 0) is 32.4 Å². The molecule has 0 saturated carbocycles. The van der Waals surface area contributed by atoms with Crippen molar-refractivity contribution in [3.63, 3.8) is 0 Å². The maximum absolute atomic E-state index is 11.6. The van der Waals surface area contributed by atoms with Gasteiger partial charge < -0.3 is 4.74 Å². The number of nitrogens with zero attached hydrogens (tertiary/aromatic N) is 1. The lowest BCUT2D eigenvalue weighted by atomic mass is 9.79. The van der Waals surface area contributed by atoms with Gasteiger partial charge in [-0.15, -0.1) is 0 Å². The molecule has 86 valence electrons. The van der Waals surface area contributed by atoms with Gasteiger partial charge in [0.25, 0.3) is 0 Å². The monoisotopic (exact) mass is 221 g/mol. The van der Waals surface area contributed by atoms with Gasteiger partial charge in [-0.3, -0.25) is 9.78 Å². The van der Waals surface area contributed by atoms with Crippen molar-refractivity contribution < 1.29 is 14.3 Å². The first-order valence-corrected chi connectivity index (χ1v) is 4.95. The van der Waals surface area contributed by atoms with Gasteiger partial charge in [0.15, 0.2) is 0 Å². The Morgan fingerprint density at radius 1 is 1.38 bits per heavy atom. The van der Waals surface area contributed by atoms with Crippen LogP contribution in [0.15, 0.2) is 18.5 Å². The minimum atomic E-state index is -0.716. The molecule has 16 heavy (non-hydrogen) atoms. The molecule has 4 nitrogen and oxygen atoms in total. The van der Waals surface area contributed by atoms with Crippen molar-refractivity contribution in [2.75, 3.05) is 7.11 Å². The molecular weight excluding hydrogens is 206 g/mol. The molecule has 0 atom stereocenters. The van der Waals surface area contributed by atoms with E-state index in [0.29, 0.717) is 11.1 Å². The van der Waals surface area contributed by atoms with Crippen LogP contribution in [0.3, 0.4) is 0 Å². The van der Waals surface area contributed by atoms with Crippen LogP contribution in [0.2, 0.25) is 0 Å². The summed E-state index contributed by atoms with van der Waals surface area (Å²) in [5.41, 5.74) is 0.263. The van der Waals surface area contributed by atoms with Gasteiger partial charge in [-0.2, -0.15) is 0 Å². The third kappa shape index (κ3) is 2.10. The number of esters is 1. The van der Waals surface area contributed by atoms with Gasteiger partial charge in [0.2, 0.25) is 0 Å². The molecule has 1 aromatic heterocycles. The van der Waals surface area contributed by atoms with Crippen molar-refractivity contribution in [2.24, 2.45) is 0 Å². The minimum Gasteiger partial charge on any atom is -0.465 e. The summed E-state index contributed by atoms with van der Waals surface area (Å²) < 4.78 is 4.66. The molecule has 0 saturated heterocycles. The molecule has 4 heteroatoms. The van der Waals surface area contributed by atoms with E-state index in [1.165, 1.54) is 20.2 Å². The van der Waals surface area contributed by atoms with Crippen LogP contribution in [0.5, 0.6) is 0 Å². The van der Waals surface area contributed by atoms with Gasteiger partial charge in [0.1, 0.15) is 5.78 Å². The highest BCUT2D eigenvalue weighted by Crippen LogP contribution is 2.27. The molecule has 0 N–H and O–H groups in total. The Balaban J connectivity index is 3.34. The van der Waals surface area contributed by atoms with Crippen molar-refractivity contribution in [1.29, 1.82) is 0 Å². The number of pyridine rings is 1. The topological polar surface area (TPSA) is 56.3 Å². The smallest absolute Gasteiger partial charge is 0.339 e. The molecule has 1 rings (SSSR count). The number of carbonyl (C=O) groups excluding carboxylic acids is 2. The quantitative estimate of drug-likeness (QED) is 0.729. The fourth-order valence-electron chi connectivity index (χ4n) is 1.40. The van der Waals surface area contributed by atoms with E-state index < -0.39 is 11.4 Å². The van der Waals surface area contributed by atoms with Crippen LogP contribution in [0.1, 0.15) is 36.7 Å². The first kappa shape index (κ1) is 12.4. The number of methoxy groups -OCH3 is 1. The Labute approximate surface area is 94.6 Å². The summed E-state index contributed by atoms with van der Waals surface area (Å²) >= 11 is 0. The Kier molecular flexibility index (Phi) is 3.42. The number of carbonyl (C=O) groups is 2. The normalized spacial score (nSPS) is 11.0. The van der Waals surface area contributed by atoms with E-state index in [4.69, 9.17) is 0 Å². The van der Waals surface area contributed by atoms with E-state index in [1.807, 2.05) is 0 Å². The van der Waals surface area contributed by atoms with Gasteiger partial charge in [-0.25, -0.2) is 4.79 Å². The molecule has 0 radical (unpaired) electrons. The number of ether oxygens (including phenoxy) is 1. The highest BCUT2D eigenvalue weighted by Gasteiger charge is 2.30. The molecule has 0 aliphatic rings. The summed E-state index contributed by atoms with van der Waals surface area (Å²) in [4.78, 5) is 27.0.